The second-order valence-electron chi connectivity index (χ2n) is 21.1. The molecule has 4 aromatic rings. The van der Waals surface area contributed by atoms with E-state index in [1.165, 1.54) is 4.90 Å². The first kappa shape index (κ1) is 60.8. The van der Waals surface area contributed by atoms with Crippen molar-refractivity contribution in [3.05, 3.63) is 101 Å². The lowest BCUT2D eigenvalue weighted by atomic mass is 10.0. The predicted octanol–water partition coefficient (Wildman–Crippen LogP) is 7.25. The fourth-order valence-electron chi connectivity index (χ4n) is 9.96. The van der Waals surface area contributed by atoms with E-state index in [1.807, 2.05) is 44.3 Å². The van der Waals surface area contributed by atoms with Crippen LogP contribution in [0.3, 0.4) is 0 Å². The highest BCUT2D eigenvalue weighted by atomic mass is 16.5. The van der Waals surface area contributed by atoms with Gasteiger partial charge in [0.15, 0.2) is 5.78 Å². The number of benzene rings is 2. The number of aryl methyl sites for hydroxylation is 3. The lowest BCUT2D eigenvalue weighted by Gasteiger charge is -2.20. The number of fused-ring (bicyclic) bond motifs is 2. The lowest BCUT2D eigenvalue weighted by molar-refractivity contribution is -0.149. The van der Waals surface area contributed by atoms with Crippen LogP contribution in [-0.2, 0) is 63.5 Å². The molecule has 2 fully saturated rings. The van der Waals surface area contributed by atoms with Crippen LogP contribution in [0.1, 0.15) is 127 Å². The van der Waals surface area contributed by atoms with Crippen LogP contribution in [-0.4, -0.2) is 143 Å². The van der Waals surface area contributed by atoms with Gasteiger partial charge in [0.05, 0.1) is 67.6 Å². The lowest BCUT2D eigenvalue weighted by Crippen LogP contribution is -2.35. The number of amides is 5. The third-order valence-corrected chi connectivity index (χ3v) is 14.6. The van der Waals surface area contributed by atoms with Gasteiger partial charge in [-0.15, -0.1) is 0 Å². The van der Waals surface area contributed by atoms with Crippen molar-refractivity contribution < 1.29 is 62.1 Å². The van der Waals surface area contributed by atoms with Crippen LogP contribution >= 0.6 is 0 Å². The van der Waals surface area contributed by atoms with E-state index < -0.39 is 11.9 Å². The van der Waals surface area contributed by atoms with E-state index in [4.69, 9.17) is 18.9 Å². The van der Waals surface area contributed by atoms with E-state index in [1.54, 1.807) is 71.7 Å². The van der Waals surface area contributed by atoms with Crippen molar-refractivity contribution in [2.45, 2.75) is 104 Å². The first-order valence-electron chi connectivity index (χ1n) is 27.9. The number of hydrogen-bond donors (Lipinski definition) is 2. The van der Waals surface area contributed by atoms with Gasteiger partial charge in [0.25, 0.3) is 11.8 Å². The van der Waals surface area contributed by atoms with Crippen molar-refractivity contribution in [1.82, 2.24) is 24.3 Å². The Balaban J connectivity index is 0.724. The minimum Gasteiger partial charge on any atom is -0.493 e. The standard InChI is InChI=1S/C61H75N7O13/c1-7-43-32-57(73)67(59(43)75)20-17-48(69)11-8-21-78-25-26-79-24-18-49(70)28-41(4)61(77)81-23-10-19-62-58(74)53-31-45(37-65(53)5)44-15-13-42(14-16-44)30-54(71)52-33-46(38-66(52)6)64-56(72)12-9-22-80-55-34-51-50(29-40(55)3)60(76)68-36-39(2)27-47(68)35-63-51/h13-16,29,31,33-35,37-38,41,43,47H,2,7-12,17-28,30,32,36H2,1,3-6H3,(H,62,74)(H,64,72)/t41-,43?,47-/m1/s1. The number of nitrogens with one attached hydrogen (secondary N) is 2. The molecule has 3 aliphatic heterocycles. The number of Topliss-reactive ketones (excluding diaryl/α,β-unsaturated/α-hetero) is 3. The molecule has 0 bridgehead atoms. The fraction of sp³-hybridized carbons (Fsp3) is 0.475. The summed E-state index contributed by atoms with van der Waals surface area (Å²) in [4.78, 5) is 122. The predicted molar refractivity (Wildman–Crippen MR) is 302 cm³/mol. The van der Waals surface area contributed by atoms with Gasteiger partial charge < -0.3 is 43.6 Å². The molecule has 2 saturated heterocycles. The molecule has 1 unspecified atom stereocenters. The third-order valence-electron chi connectivity index (χ3n) is 14.6. The topological polar surface area (TPSA) is 243 Å². The summed E-state index contributed by atoms with van der Waals surface area (Å²) in [5.74, 6) is -2.10. The Bertz CT molecular complexity index is 3030. The van der Waals surface area contributed by atoms with E-state index in [0.29, 0.717) is 85.9 Å². The molecule has 2 aromatic heterocycles. The van der Waals surface area contributed by atoms with Gasteiger partial charge in [0, 0.05) is 121 Å². The van der Waals surface area contributed by atoms with Crippen LogP contribution < -0.4 is 15.4 Å². The molecule has 3 atom stereocenters. The van der Waals surface area contributed by atoms with Gasteiger partial charge in [-0.3, -0.25) is 53.0 Å². The molecule has 7 rings (SSSR count). The van der Waals surface area contributed by atoms with Crippen LogP contribution in [0.5, 0.6) is 5.75 Å². The van der Waals surface area contributed by atoms with Crippen LogP contribution in [0.4, 0.5) is 11.4 Å². The number of hydrogen-bond acceptors (Lipinski definition) is 14. The summed E-state index contributed by atoms with van der Waals surface area (Å²) in [6, 6.07) is 14.5. The van der Waals surface area contributed by atoms with Gasteiger partial charge in [-0.1, -0.05) is 50.3 Å². The van der Waals surface area contributed by atoms with Gasteiger partial charge in [-0.25, -0.2) is 0 Å². The monoisotopic (exact) mass is 1110 g/mol. The second-order valence-corrected chi connectivity index (χ2v) is 21.1. The third kappa shape index (κ3) is 16.9. The number of aliphatic imine (C=N–C) groups is 1. The largest absolute Gasteiger partial charge is 0.493 e. The van der Waals surface area contributed by atoms with Crippen molar-refractivity contribution in [1.29, 1.82) is 0 Å². The Hall–Kier alpha value is -7.84. The summed E-state index contributed by atoms with van der Waals surface area (Å²) in [6.45, 7) is 11.8. The molecule has 0 spiro atoms. The van der Waals surface area contributed by atoms with E-state index in [2.05, 4.69) is 22.2 Å². The maximum atomic E-state index is 13.4. The SMILES string of the molecule is C=C1C[C@@H]2C=Nc3cc(OCCCC(=O)Nc4cc(C(=O)Cc5ccc(-c6cc(C(=O)NCCCOC(=O)[C@H](C)CC(=O)CCOCCOCCCC(=O)CCN7C(=O)CC(CC)C7=O)n(C)c6)cc5)n(C)c4)c(C)cc3C(=O)N2C1. The Labute approximate surface area is 472 Å². The van der Waals surface area contributed by atoms with Crippen molar-refractivity contribution in [3.8, 4) is 16.9 Å². The molecule has 81 heavy (non-hydrogen) atoms. The number of likely N-dealkylation sites (tertiary alicyclic amines) is 1. The zero-order chi connectivity index (χ0) is 58.2. The van der Waals surface area contributed by atoms with E-state index >= 15 is 0 Å². The van der Waals surface area contributed by atoms with Gasteiger partial charge in [-0.2, -0.15) is 0 Å². The molecule has 20 heteroatoms. The molecule has 2 N–H and O–H groups in total. The highest BCUT2D eigenvalue weighted by Gasteiger charge is 2.37. The molecule has 2 aromatic carbocycles. The Kier molecular flexibility index (Phi) is 21.8. The second kappa shape index (κ2) is 29.0. The quantitative estimate of drug-likeness (QED) is 0.0161. The Morgan fingerprint density at radius 3 is 2.28 bits per heavy atom. The number of esters is 1. The van der Waals surface area contributed by atoms with Gasteiger partial charge in [0.2, 0.25) is 17.7 Å². The molecular weight excluding hydrogens is 1040 g/mol. The molecule has 0 aliphatic carbocycles. The highest BCUT2D eigenvalue weighted by Crippen LogP contribution is 2.35. The van der Waals surface area contributed by atoms with Crippen LogP contribution in [0.2, 0.25) is 0 Å². The van der Waals surface area contributed by atoms with E-state index in [9.17, 15) is 43.2 Å². The number of aromatic nitrogens is 2. The van der Waals surface area contributed by atoms with Gasteiger partial charge in [-0.05, 0) is 73.9 Å². The van der Waals surface area contributed by atoms with E-state index in [-0.39, 0.29) is 143 Å². The molecule has 5 amide bonds. The van der Waals surface area contributed by atoms with Crippen molar-refractivity contribution in [2.24, 2.45) is 30.9 Å². The maximum absolute atomic E-state index is 13.4. The minimum atomic E-state index is -0.641. The molecule has 3 aliphatic rings. The number of ketones is 3. The van der Waals surface area contributed by atoms with Crippen LogP contribution in [0, 0.1) is 18.8 Å². The number of rotatable bonds is 32. The van der Waals surface area contributed by atoms with Crippen LogP contribution in [0.25, 0.3) is 11.1 Å². The number of carbonyl (C=O) groups is 9. The summed E-state index contributed by atoms with van der Waals surface area (Å²) in [6.07, 6.45) is 9.09. The Morgan fingerprint density at radius 2 is 1.53 bits per heavy atom. The average molecular weight is 1110 g/mol. The van der Waals surface area contributed by atoms with Crippen LogP contribution in [0.15, 0.2) is 78.1 Å². The van der Waals surface area contributed by atoms with Crippen molar-refractivity contribution in [3.63, 3.8) is 0 Å². The number of carbonyl (C=O) groups excluding carboxylic acids is 9. The molecule has 5 heterocycles. The van der Waals surface area contributed by atoms with Gasteiger partial charge >= 0.3 is 5.97 Å². The summed E-state index contributed by atoms with van der Waals surface area (Å²) in [7, 11) is 3.53. The number of imide groups is 1. The normalized spacial score (nSPS) is 16.1. The number of nitrogens with zero attached hydrogens (tertiary/aromatic N) is 5. The zero-order valence-corrected chi connectivity index (χ0v) is 47.2. The summed E-state index contributed by atoms with van der Waals surface area (Å²) >= 11 is 0. The molecule has 0 radical (unpaired) electrons. The smallest absolute Gasteiger partial charge is 0.309 e. The zero-order valence-electron chi connectivity index (χ0n) is 47.2. The average Bonchev–Trinajstić information content (AvgIpc) is 4.31. The number of ether oxygens (including phenoxy) is 4. The Morgan fingerprint density at radius 1 is 0.790 bits per heavy atom. The summed E-state index contributed by atoms with van der Waals surface area (Å²) < 4.78 is 25.8. The first-order valence-corrected chi connectivity index (χ1v) is 27.9. The molecular formula is C61H75N7O13. The molecule has 432 valence electrons. The minimum absolute atomic E-state index is 0.00945. The summed E-state index contributed by atoms with van der Waals surface area (Å²) in [5, 5.41) is 5.75. The maximum Gasteiger partial charge on any atom is 0.309 e. The fourth-order valence-corrected chi connectivity index (χ4v) is 9.96. The number of anilines is 1. The summed E-state index contributed by atoms with van der Waals surface area (Å²) in [5.41, 5.74) is 6.75. The van der Waals surface area contributed by atoms with Gasteiger partial charge in [0.1, 0.15) is 23.0 Å². The van der Waals surface area contributed by atoms with Crippen molar-refractivity contribution >= 4 is 70.4 Å². The molecule has 0 saturated carbocycles. The molecule has 20 nitrogen and oxygen atoms in total. The van der Waals surface area contributed by atoms with E-state index in [0.717, 1.165) is 27.8 Å². The van der Waals surface area contributed by atoms with Crippen molar-refractivity contribution in [2.75, 3.05) is 64.6 Å². The first-order chi connectivity index (χ1) is 38.9. The highest BCUT2D eigenvalue weighted by molar-refractivity contribution is 6.05.